The highest BCUT2D eigenvalue weighted by Gasteiger charge is 2.21. The summed E-state index contributed by atoms with van der Waals surface area (Å²) in [5, 5.41) is 13.0. The highest BCUT2D eigenvalue weighted by Crippen LogP contribution is 2.19. The van der Waals surface area contributed by atoms with Crippen molar-refractivity contribution in [2.45, 2.75) is 19.9 Å². The molecule has 0 spiro atoms. The summed E-state index contributed by atoms with van der Waals surface area (Å²) in [6.45, 7) is 3.28. The zero-order valence-electron chi connectivity index (χ0n) is 12.2. The number of carbonyl (C=O) groups is 2. The fourth-order valence-corrected chi connectivity index (χ4v) is 2.57. The molecule has 22 heavy (non-hydrogen) atoms. The summed E-state index contributed by atoms with van der Waals surface area (Å²) in [6, 6.07) is 5.06. The molecule has 0 saturated carbocycles. The predicted molar refractivity (Wildman–Crippen MR) is 81.6 cm³/mol. The number of hydrogen-bond donors (Lipinski definition) is 4. The third-order valence-electron chi connectivity index (χ3n) is 3.78. The number of carbonyl (C=O) groups excluding carboxylic acids is 2. The number of nitrogens with zero attached hydrogens (tertiary/aromatic N) is 1. The van der Waals surface area contributed by atoms with Gasteiger partial charge in [-0.05, 0) is 24.6 Å². The van der Waals surface area contributed by atoms with Crippen molar-refractivity contribution in [1.29, 1.82) is 0 Å². The summed E-state index contributed by atoms with van der Waals surface area (Å²) >= 11 is 0. The Balaban J connectivity index is 1.84. The summed E-state index contributed by atoms with van der Waals surface area (Å²) in [7, 11) is 0. The maximum Gasteiger partial charge on any atom is 0.276 e. The van der Waals surface area contributed by atoms with Gasteiger partial charge in [-0.3, -0.25) is 14.7 Å². The van der Waals surface area contributed by atoms with E-state index in [1.54, 1.807) is 25.1 Å². The lowest BCUT2D eigenvalue weighted by molar-refractivity contribution is 0.0994. The molecule has 1 aliphatic heterocycles. The third kappa shape index (κ3) is 2.58. The average Bonchev–Trinajstić information content (AvgIpc) is 2.93. The summed E-state index contributed by atoms with van der Waals surface area (Å²) in [5.41, 5.74) is 9.27. The second kappa shape index (κ2) is 5.61. The van der Waals surface area contributed by atoms with Crippen LogP contribution in [0.1, 0.15) is 37.7 Å². The number of benzene rings is 1. The molecule has 3 rings (SSSR count). The Bertz CT molecular complexity index is 750. The van der Waals surface area contributed by atoms with Gasteiger partial charge in [0.25, 0.3) is 5.91 Å². The number of aryl methyl sites for hydroxylation is 1. The SMILES string of the molecule is Cc1ccc(NC(=O)c2n[nH]c3c2CNCC3)cc1C(N)=O. The quantitative estimate of drug-likeness (QED) is 0.668. The monoisotopic (exact) mass is 299 g/mol. The molecule has 7 heteroatoms. The second-order valence-electron chi connectivity index (χ2n) is 5.30. The van der Waals surface area contributed by atoms with Gasteiger partial charge in [0.2, 0.25) is 5.91 Å². The summed E-state index contributed by atoms with van der Waals surface area (Å²) in [6.07, 6.45) is 0.825. The Morgan fingerprint density at radius 1 is 1.36 bits per heavy atom. The fraction of sp³-hybridized carbons (Fsp3) is 0.267. The van der Waals surface area contributed by atoms with Gasteiger partial charge in [0.15, 0.2) is 5.69 Å². The van der Waals surface area contributed by atoms with Crippen LogP contribution in [0.25, 0.3) is 0 Å². The number of H-pyrrole nitrogens is 1. The highest BCUT2D eigenvalue weighted by atomic mass is 16.2. The first-order valence-electron chi connectivity index (χ1n) is 7.05. The fourth-order valence-electron chi connectivity index (χ4n) is 2.57. The van der Waals surface area contributed by atoms with E-state index in [0.29, 0.717) is 23.5 Å². The first-order chi connectivity index (χ1) is 10.6. The Kier molecular flexibility index (Phi) is 3.64. The van der Waals surface area contributed by atoms with Gasteiger partial charge in [-0.2, -0.15) is 5.10 Å². The van der Waals surface area contributed by atoms with E-state index in [9.17, 15) is 9.59 Å². The van der Waals surface area contributed by atoms with E-state index in [1.807, 2.05) is 0 Å². The van der Waals surface area contributed by atoms with Gasteiger partial charge in [-0.15, -0.1) is 0 Å². The molecule has 1 aromatic heterocycles. The molecule has 2 aromatic rings. The molecule has 0 radical (unpaired) electrons. The number of amides is 2. The molecule has 0 fully saturated rings. The number of anilines is 1. The number of nitrogens with one attached hydrogen (secondary N) is 3. The normalized spacial score (nSPS) is 13.5. The van der Waals surface area contributed by atoms with E-state index in [2.05, 4.69) is 20.8 Å². The molecule has 2 heterocycles. The van der Waals surface area contributed by atoms with Crippen LogP contribution in [0.2, 0.25) is 0 Å². The molecule has 1 aromatic carbocycles. The molecule has 0 bridgehead atoms. The van der Waals surface area contributed by atoms with Gasteiger partial charge in [0.1, 0.15) is 0 Å². The zero-order chi connectivity index (χ0) is 15.7. The first kappa shape index (κ1) is 14.3. The van der Waals surface area contributed by atoms with E-state index in [0.717, 1.165) is 29.8 Å². The Labute approximate surface area is 127 Å². The smallest absolute Gasteiger partial charge is 0.276 e. The van der Waals surface area contributed by atoms with Crippen molar-refractivity contribution in [3.63, 3.8) is 0 Å². The number of primary amides is 1. The lowest BCUT2D eigenvalue weighted by atomic mass is 10.1. The van der Waals surface area contributed by atoms with Crippen LogP contribution in [0.15, 0.2) is 18.2 Å². The Morgan fingerprint density at radius 3 is 2.95 bits per heavy atom. The lowest BCUT2D eigenvalue weighted by Crippen LogP contribution is -2.25. The average molecular weight is 299 g/mol. The van der Waals surface area contributed by atoms with E-state index in [-0.39, 0.29) is 5.91 Å². The van der Waals surface area contributed by atoms with Crippen LogP contribution in [0.5, 0.6) is 0 Å². The Hall–Kier alpha value is -2.67. The lowest BCUT2D eigenvalue weighted by Gasteiger charge is -2.13. The molecule has 0 unspecified atom stereocenters. The van der Waals surface area contributed by atoms with Crippen LogP contribution in [0, 0.1) is 6.92 Å². The molecular formula is C15H17N5O2. The predicted octanol–water partition coefficient (Wildman–Crippen LogP) is 0.715. The second-order valence-corrected chi connectivity index (χ2v) is 5.30. The van der Waals surface area contributed by atoms with Crippen molar-refractivity contribution in [2.75, 3.05) is 11.9 Å². The first-order valence-corrected chi connectivity index (χ1v) is 7.05. The largest absolute Gasteiger partial charge is 0.366 e. The molecule has 7 nitrogen and oxygen atoms in total. The molecule has 2 amide bonds. The Morgan fingerprint density at radius 2 is 2.18 bits per heavy atom. The van der Waals surface area contributed by atoms with E-state index >= 15 is 0 Å². The molecule has 114 valence electrons. The number of nitrogens with two attached hydrogens (primary N) is 1. The van der Waals surface area contributed by atoms with Crippen LogP contribution in [-0.4, -0.2) is 28.6 Å². The van der Waals surface area contributed by atoms with Gasteiger partial charge < -0.3 is 16.4 Å². The number of fused-ring (bicyclic) bond motifs is 1. The maximum atomic E-state index is 12.4. The highest BCUT2D eigenvalue weighted by molar-refractivity contribution is 6.05. The molecule has 0 atom stereocenters. The molecule has 1 aliphatic rings. The standard InChI is InChI=1S/C15H17N5O2/c1-8-2-3-9(6-10(8)14(16)21)18-15(22)13-11-7-17-5-4-12(11)19-20-13/h2-3,6,17H,4-5,7H2,1H3,(H2,16,21)(H,18,22)(H,19,20). The minimum atomic E-state index is -0.519. The zero-order valence-corrected chi connectivity index (χ0v) is 12.2. The van der Waals surface area contributed by atoms with Crippen molar-refractivity contribution in [3.05, 3.63) is 46.3 Å². The maximum absolute atomic E-state index is 12.4. The molecular weight excluding hydrogens is 282 g/mol. The summed E-state index contributed by atoms with van der Waals surface area (Å²) in [4.78, 5) is 23.7. The minimum Gasteiger partial charge on any atom is -0.366 e. The summed E-state index contributed by atoms with van der Waals surface area (Å²) < 4.78 is 0. The van der Waals surface area contributed by atoms with Crippen LogP contribution in [0.4, 0.5) is 5.69 Å². The van der Waals surface area contributed by atoms with Crippen molar-refractivity contribution >= 4 is 17.5 Å². The summed E-state index contributed by atoms with van der Waals surface area (Å²) in [5.74, 6) is -0.824. The minimum absolute atomic E-state index is 0.305. The van der Waals surface area contributed by atoms with Crippen molar-refractivity contribution in [2.24, 2.45) is 5.73 Å². The van der Waals surface area contributed by atoms with Crippen LogP contribution in [0.3, 0.4) is 0 Å². The van der Waals surface area contributed by atoms with Crippen LogP contribution < -0.4 is 16.4 Å². The molecule has 5 N–H and O–H groups in total. The van der Waals surface area contributed by atoms with Gasteiger partial charge in [-0.25, -0.2) is 0 Å². The topological polar surface area (TPSA) is 113 Å². The third-order valence-corrected chi connectivity index (χ3v) is 3.78. The van der Waals surface area contributed by atoms with Crippen molar-refractivity contribution < 1.29 is 9.59 Å². The van der Waals surface area contributed by atoms with Gasteiger partial charge in [-0.1, -0.05) is 6.07 Å². The van der Waals surface area contributed by atoms with Crippen LogP contribution >= 0.6 is 0 Å². The van der Waals surface area contributed by atoms with Gasteiger partial charge in [0, 0.05) is 42.0 Å². The van der Waals surface area contributed by atoms with Crippen molar-refractivity contribution in [3.8, 4) is 0 Å². The van der Waals surface area contributed by atoms with Crippen molar-refractivity contribution in [1.82, 2.24) is 15.5 Å². The van der Waals surface area contributed by atoms with E-state index in [1.165, 1.54) is 0 Å². The van der Waals surface area contributed by atoms with Gasteiger partial charge >= 0.3 is 0 Å². The number of hydrogen-bond acceptors (Lipinski definition) is 4. The molecule has 0 saturated heterocycles. The number of aromatic nitrogens is 2. The number of aromatic amines is 1. The van der Waals surface area contributed by atoms with E-state index < -0.39 is 5.91 Å². The molecule has 0 aliphatic carbocycles. The van der Waals surface area contributed by atoms with E-state index in [4.69, 9.17) is 5.73 Å². The van der Waals surface area contributed by atoms with Crippen LogP contribution in [-0.2, 0) is 13.0 Å². The van der Waals surface area contributed by atoms with Gasteiger partial charge in [0.05, 0.1) is 0 Å². The number of rotatable bonds is 3.